The molecule has 2 N–H and O–H groups in total. The van der Waals surface area contributed by atoms with Gasteiger partial charge in [-0.3, -0.25) is 0 Å². The van der Waals surface area contributed by atoms with Crippen LogP contribution < -0.4 is 15.4 Å². The van der Waals surface area contributed by atoms with E-state index in [0.29, 0.717) is 18.4 Å². The third-order valence-corrected chi connectivity index (χ3v) is 3.50. The van der Waals surface area contributed by atoms with Crippen molar-refractivity contribution in [2.75, 3.05) is 31.1 Å². The molecule has 0 radical (unpaired) electrons. The van der Waals surface area contributed by atoms with Crippen LogP contribution in [0.1, 0.15) is 31.9 Å². The molecule has 0 bridgehead atoms. The fraction of sp³-hybridized carbons (Fsp3) is 0.714. The van der Waals surface area contributed by atoms with Gasteiger partial charge in [0.25, 0.3) is 0 Å². The first kappa shape index (κ1) is 14.1. The summed E-state index contributed by atoms with van der Waals surface area (Å²) in [5.41, 5.74) is 6.68. The van der Waals surface area contributed by atoms with Crippen molar-refractivity contribution in [2.24, 2.45) is 11.7 Å². The Kier molecular flexibility index (Phi) is 4.96. The van der Waals surface area contributed by atoms with Gasteiger partial charge >= 0.3 is 0 Å². The summed E-state index contributed by atoms with van der Waals surface area (Å²) in [6.07, 6.45) is 3.23. The quantitative estimate of drug-likeness (QED) is 0.877. The molecule has 0 aromatic carbocycles. The summed E-state index contributed by atoms with van der Waals surface area (Å²) in [7, 11) is 0. The Morgan fingerprint density at radius 3 is 2.74 bits per heavy atom. The lowest BCUT2D eigenvalue weighted by molar-refractivity contribution is 0.304. The van der Waals surface area contributed by atoms with Gasteiger partial charge in [0.1, 0.15) is 0 Å². The minimum Gasteiger partial charge on any atom is -0.478 e. The molecule has 19 heavy (non-hydrogen) atoms. The Morgan fingerprint density at radius 2 is 2.11 bits per heavy atom. The molecule has 1 aromatic rings. The Balaban J connectivity index is 2.05. The van der Waals surface area contributed by atoms with Crippen LogP contribution in [0.3, 0.4) is 0 Å². The number of hydrogen-bond donors (Lipinski definition) is 1. The monoisotopic (exact) mass is 264 g/mol. The number of anilines is 1. The maximum Gasteiger partial charge on any atom is 0.228 e. The molecule has 0 spiro atoms. The van der Waals surface area contributed by atoms with E-state index in [2.05, 4.69) is 21.8 Å². The Hall–Kier alpha value is -1.36. The van der Waals surface area contributed by atoms with Crippen molar-refractivity contribution in [3.8, 4) is 5.88 Å². The molecule has 0 saturated carbocycles. The Morgan fingerprint density at radius 1 is 1.37 bits per heavy atom. The summed E-state index contributed by atoms with van der Waals surface area (Å²) in [6, 6.07) is 1.89. The Bertz CT molecular complexity index is 402. The predicted molar refractivity (Wildman–Crippen MR) is 76.5 cm³/mol. The van der Waals surface area contributed by atoms with Gasteiger partial charge in [0.2, 0.25) is 11.8 Å². The molecule has 1 fully saturated rings. The van der Waals surface area contributed by atoms with Gasteiger partial charge in [0.15, 0.2) is 0 Å². The Labute approximate surface area is 115 Å². The maximum atomic E-state index is 5.72. The average molecular weight is 264 g/mol. The molecule has 1 aromatic heterocycles. The second kappa shape index (κ2) is 6.70. The smallest absolute Gasteiger partial charge is 0.228 e. The normalized spacial score (nSPS) is 16.7. The summed E-state index contributed by atoms with van der Waals surface area (Å²) < 4.78 is 5.61. The molecule has 5 nitrogen and oxygen atoms in total. The van der Waals surface area contributed by atoms with Crippen LogP contribution >= 0.6 is 0 Å². The summed E-state index contributed by atoms with van der Waals surface area (Å²) >= 11 is 0. The fourth-order valence-corrected chi connectivity index (χ4v) is 2.32. The molecule has 0 unspecified atom stereocenters. The fourth-order valence-electron chi connectivity index (χ4n) is 2.32. The number of piperidine rings is 1. The number of aromatic nitrogens is 2. The highest BCUT2D eigenvalue weighted by Gasteiger charge is 2.20. The number of ether oxygens (including phenoxy) is 1. The van der Waals surface area contributed by atoms with Crippen LogP contribution in [-0.2, 0) is 0 Å². The molecule has 2 heterocycles. The van der Waals surface area contributed by atoms with Crippen molar-refractivity contribution >= 4 is 5.95 Å². The van der Waals surface area contributed by atoms with Gasteiger partial charge in [-0.2, -0.15) is 4.98 Å². The van der Waals surface area contributed by atoms with E-state index in [0.717, 1.165) is 50.5 Å². The lowest BCUT2D eigenvalue weighted by atomic mass is 9.97. The van der Waals surface area contributed by atoms with E-state index in [-0.39, 0.29) is 0 Å². The molecule has 0 amide bonds. The summed E-state index contributed by atoms with van der Waals surface area (Å²) in [5, 5.41) is 0. The molecule has 2 rings (SSSR count). The van der Waals surface area contributed by atoms with Gasteiger partial charge in [-0.1, -0.05) is 6.92 Å². The lowest BCUT2D eigenvalue weighted by Gasteiger charge is -2.31. The van der Waals surface area contributed by atoms with Gasteiger partial charge in [-0.25, -0.2) is 4.98 Å². The molecule has 1 aliphatic rings. The number of rotatable bonds is 5. The van der Waals surface area contributed by atoms with Gasteiger partial charge in [-0.15, -0.1) is 0 Å². The van der Waals surface area contributed by atoms with Gasteiger partial charge in [0, 0.05) is 24.8 Å². The van der Waals surface area contributed by atoms with Crippen LogP contribution in [0.4, 0.5) is 5.95 Å². The molecule has 106 valence electrons. The molecule has 0 atom stereocenters. The van der Waals surface area contributed by atoms with E-state index >= 15 is 0 Å². The molecular formula is C14H24N4O. The van der Waals surface area contributed by atoms with E-state index in [4.69, 9.17) is 10.5 Å². The predicted octanol–water partition coefficient (Wildman–Crippen LogP) is 1.75. The van der Waals surface area contributed by atoms with Gasteiger partial charge < -0.3 is 15.4 Å². The number of nitrogens with two attached hydrogens (primary N) is 1. The topological polar surface area (TPSA) is 64.3 Å². The SMILES string of the molecule is CCCOc1cc(C)nc(N2CCC(CN)CC2)n1. The second-order valence-corrected chi connectivity index (χ2v) is 5.16. The zero-order chi connectivity index (χ0) is 13.7. The number of aryl methyl sites for hydroxylation is 1. The van der Waals surface area contributed by atoms with E-state index in [9.17, 15) is 0 Å². The summed E-state index contributed by atoms with van der Waals surface area (Å²) in [6.45, 7) is 7.53. The van der Waals surface area contributed by atoms with Crippen molar-refractivity contribution in [1.82, 2.24) is 9.97 Å². The van der Waals surface area contributed by atoms with Gasteiger partial charge in [-0.05, 0) is 38.6 Å². The van der Waals surface area contributed by atoms with Crippen LogP contribution in [0.25, 0.3) is 0 Å². The first-order valence-corrected chi connectivity index (χ1v) is 7.16. The van der Waals surface area contributed by atoms with Gasteiger partial charge in [0.05, 0.1) is 6.61 Å². The van der Waals surface area contributed by atoms with Crippen molar-refractivity contribution in [2.45, 2.75) is 33.1 Å². The largest absolute Gasteiger partial charge is 0.478 e. The highest BCUT2D eigenvalue weighted by atomic mass is 16.5. The first-order valence-electron chi connectivity index (χ1n) is 7.16. The van der Waals surface area contributed by atoms with E-state index in [1.807, 2.05) is 13.0 Å². The van der Waals surface area contributed by atoms with Crippen LogP contribution in [0.15, 0.2) is 6.07 Å². The molecule has 1 saturated heterocycles. The van der Waals surface area contributed by atoms with E-state index in [1.165, 1.54) is 0 Å². The summed E-state index contributed by atoms with van der Waals surface area (Å²) in [4.78, 5) is 11.3. The number of hydrogen-bond acceptors (Lipinski definition) is 5. The van der Waals surface area contributed by atoms with Crippen molar-refractivity contribution in [3.05, 3.63) is 11.8 Å². The molecule has 1 aliphatic heterocycles. The third kappa shape index (κ3) is 3.80. The number of nitrogens with zero attached hydrogens (tertiary/aromatic N) is 3. The molecule has 0 aliphatic carbocycles. The van der Waals surface area contributed by atoms with E-state index < -0.39 is 0 Å². The zero-order valence-corrected chi connectivity index (χ0v) is 11.9. The third-order valence-electron chi connectivity index (χ3n) is 3.50. The van der Waals surface area contributed by atoms with E-state index in [1.54, 1.807) is 0 Å². The van der Waals surface area contributed by atoms with Crippen LogP contribution in [0.5, 0.6) is 5.88 Å². The van der Waals surface area contributed by atoms with Crippen molar-refractivity contribution in [1.29, 1.82) is 0 Å². The minimum absolute atomic E-state index is 0.650. The standard InChI is InChI=1S/C14H24N4O/c1-3-8-19-13-9-11(2)16-14(17-13)18-6-4-12(10-15)5-7-18/h9,12H,3-8,10,15H2,1-2H3. The lowest BCUT2D eigenvalue weighted by Crippen LogP contribution is -2.37. The highest BCUT2D eigenvalue weighted by Crippen LogP contribution is 2.22. The first-order chi connectivity index (χ1) is 9.22. The summed E-state index contributed by atoms with van der Waals surface area (Å²) in [5.74, 6) is 2.13. The molecular weight excluding hydrogens is 240 g/mol. The van der Waals surface area contributed by atoms with Crippen LogP contribution in [0, 0.1) is 12.8 Å². The second-order valence-electron chi connectivity index (χ2n) is 5.16. The average Bonchev–Trinajstić information content (AvgIpc) is 2.44. The zero-order valence-electron chi connectivity index (χ0n) is 11.9. The van der Waals surface area contributed by atoms with Crippen LogP contribution in [-0.4, -0.2) is 36.2 Å². The maximum absolute atomic E-state index is 5.72. The minimum atomic E-state index is 0.650. The molecule has 5 heteroatoms. The highest BCUT2D eigenvalue weighted by molar-refractivity contribution is 5.34. The van der Waals surface area contributed by atoms with Crippen LogP contribution in [0.2, 0.25) is 0 Å². The van der Waals surface area contributed by atoms with Crippen molar-refractivity contribution in [3.63, 3.8) is 0 Å². The van der Waals surface area contributed by atoms with Crippen molar-refractivity contribution < 1.29 is 4.74 Å².